The summed E-state index contributed by atoms with van der Waals surface area (Å²) in [4.78, 5) is 20.3. The first-order valence-electron chi connectivity index (χ1n) is 9.95. The molecular weight excluding hydrogens is 374 g/mol. The van der Waals surface area contributed by atoms with Gasteiger partial charge in [0.15, 0.2) is 0 Å². The molecule has 1 amide bonds. The summed E-state index contributed by atoms with van der Waals surface area (Å²) in [7, 11) is 0. The van der Waals surface area contributed by atoms with Crippen LogP contribution in [0.2, 0.25) is 0 Å². The fourth-order valence-corrected chi connectivity index (χ4v) is 3.90. The quantitative estimate of drug-likeness (QED) is 0.473. The van der Waals surface area contributed by atoms with Crippen molar-refractivity contribution in [3.05, 3.63) is 78.2 Å². The zero-order chi connectivity index (χ0) is 20.5. The number of nitrogens with one attached hydrogen (secondary N) is 2. The van der Waals surface area contributed by atoms with Crippen LogP contribution in [0.15, 0.2) is 67.1 Å². The van der Waals surface area contributed by atoms with E-state index in [1.54, 1.807) is 12.3 Å². The first-order chi connectivity index (χ1) is 14.7. The average molecular weight is 395 g/mol. The second-order valence-corrected chi connectivity index (χ2v) is 7.45. The lowest BCUT2D eigenvalue weighted by Gasteiger charge is -2.19. The number of nitrogens with zero attached hydrogens (tertiary/aromatic N) is 2. The van der Waals surface area contributed by atoms with E-state index in [4.69, 9.17) is 5.73 Å². The van der Waals surface area contributed by atoms with Crippen molar-refractivity contribution in [2.45, 2.75) is 12.8 Å². The maximum Gasteiger partial charge on any atom is 0.250 e. The molecule has 6 nitrogen and oxygen atoms in total. The maximum atomic E-state index is 12.0. The fourth-order valence-electron chi connectivity index (χ4n) is 3.90. The van der Waals surface area contributed by atoms with Gasteiger partial charge in [-0.05, 0) is 65.9 Å². The van der Waals surface area contributed by atoms with E-state index in [1.807, 2.05) is 30.3 Å². The lowest BCUT2D eigenvalue weighted by Crippen LogP contribution is -2.13. The number of aryl methyl sites for hydroxylation is 1. The van der Waals surface area contributed by atoms with Crippen LogP contribution in [0.1, 0.15) is 22.3 Å². The summed E-state index contributed by atoms with van der Waals surface area (Å²) >= 11 is 0. The second-order valence-electron chi connectivity index (χ2n) is 7.45. The number of aromatic nitrogens is 2. The van der Waals surface area contributed by atoms with Crippen molar-refractivity contribution < 1.29 is 4.79 Å². The highest BCUT2D eigenvalue weighted by Gasteiger charge is 2.13. The Hall–Kier alpha value is -3.93. The van der Waals surface area contributed by atoms with Crippen molar-refractivity contribution in [2.24, 2.45) is 5.73 Å². The third-order valence-corrected chi connectivity index (χ3v) is 5.45. The molecule has 4 aromatic rings. The molecule has 1 aliphatic rings. The maximum absolute atomic E-state index is 12.0. The van der Waals surface area contributed by atoms with Crippen LogP contribution in [0.5, 0.6) is 0 Å². The summed E-state index contributed by atoms with van der Waals surface area (Å²) in [6.45, 7) is 0.996. The van der Waals surface area contributed by atoms with Crippen molar-refractivity contribution in [3.63, 3.8) is 0 Å². The molecule has 0 saturated heterocycles. The number of nitrogens with two attached hydrogens (primary N) is 1. The van der Waals surface area contributed by atoms with Gasteiger partial charge in [-0.3, -0.25) is 4.79 Å². The molecule has 0 radical (unpaired) electrons. The minimum Gasteiger partial charge on any atom is -0.385 e. The average Bonchev–Trinajstić information content (AvgIpc) is 2.78. The predicted molar refractivity (Wildman–Crippen MR) is 120 cm³/mol. The van der Waals surface area contributed by atoms with Crippen LogP contribution in [0, 0.1) is 0 Å². The van der Waals surface area contributed by atoms with Gasteiger partial charge in [-0.25, -0.2) is 9.97 Å². The third-order valence-electron chi connectivity index (χ3n) is 5.45. The van der Waals surface area contributed by atoms with E-state index in [0.29, 0.717) is 11.3 Å². The summed E-state index contributed by atoms with van der Waals surface area (Å²) in [6.07, 6.45) is 5.54. The lowest BCUT2D eigenvalue weighted by atomic mass is 9.96. The number of hydrogen-bond donors (Lipinski definition) is 3. The Morgan fingerprint density at radius 2 is 1.90 bits per heavy atom. The van der Waals surface area contributed by atoms with Gasteiger partial charge in [-0.15, -0.1) is 0 Å². The SMILES string of the molecule is NC(=O)c1ccc(-c2ccc3c(c2)NCCC3)cc1Nc1ccc2ncncc2c1. The number of carbonyl (C=O) groups is 1. The molecule has 2 heterocycles. The Labute approximate surface area is 174 Å². The number of primary amides is 1. The van der Waals surface area contributed by atoms with Gasteiger partial charge < -0.3 is 16.4 Å². The van der Waals surface area contributed by atoms with Gasteiger partial charge in [-0.1, -0.05) is 18.2 Å². The van der Waals surface area contributed by atoms with E-state index >= 15 is 0 Å². The molecular formula is C24H21N5O. The highest BCUT2D eigenvalue weighted by molar-refractivity contribution is 6.00. The number of benzene rings is 3. The normalized spacial score (nSPS) is 12.8. The molecule has 3 aromatic carbocycles. The molecule has 5 rings (SSSR count). The Balaban J connectivity index is 1.54. The number of rotatable bonds is 4. The summed E-state index contributed by atoms with van der Waals surface area (Å²) in [6, 6.07) is 18.0. The van der Waals surface area contributed by atoms with Gasteiger partial charge >= 0.3 is 0 Å². The van der Waals surface area contributed by atoms with E-state index in [0.717, 1.165) is 47.1 Å². The van der Waals surface area contributed by atoms with E-state index in [9.17, 15) is 4.79 Å². The van der Waals surface area contributed by atoms with Gasteiger partial charge in [0.05, 0.1) is 16.8 Å². The molecule has 0 unspecified atom stereocenters. The van der Waals surface area contributed by atoms with Crippen molar-refractivity contribution in [1.82, 2.24) is 9.97 Å². The highest BCUT2D eigenvalue weighted by Crippen LogP contribution is 2.32. The molecule has 0 spiro atoms. The van der Waals surface area contributed by atoms with Gasteiger partial charge in [-0.2, -0.15) is 0 Å². The molecule has 30 heavy (non-hydrogen) atoms. The summed E-state index contributed by atoms with van der Waals surface area (Å²) in [5.74, 6) is -0.472. The minimum absolute atomic E-state index is 0.444. The van der Waals surface area contributed by atoms with Crippen molar-refractivity contribution in [3.8, 4) is 11.1 Å². The Morgan fingerprint density at radius 1 is 1.03 bits per heavy atom. The van der Waals surface area contributed by atoms with E-state index in [-0.39, 0.29) is 0 Å². The van der Waals surface area contributed by atoms with Crippen LogP contribution < -0.4 is 16.4 Å². The lowest BCUT2D eigenvalue weighted by molar-refractivity contribution is 0.100. The highest BCUT2D eigenvalue weighted by atomic mass is 16.1. The molecule has 0 saturated carbocycles. The standard InChI is InChI=1S/C24H21N5O/c25-24(30)20-7-5-17(16-4-3-15-2-1-9-27-22(15)11-16)12-23(20)29-19-6-8-21-18(10-19)13-26-14-28-21/h3-8,10-14,27,29H,1-2,9H2,(H2,25,30). The van der Waals surface area contributed by atoms with Crippen LogP contribution in [-0.4, -0.2) is 22.4 Å². The fraction of sp³-hybridized carbons (Fsp3) is 0.125. The number of fused-ring (bicyclic) bond motifs is 2. The zero-order valence-corrected chi connectivity index (χ0v) is 16.4. The topological polar surface area (TPSA) is 92.9 Å². The van der Waals surface area contributed by atoms with Crippen molar-refractivity contribution >= 4 is 33.9 Å². The first kappa shape index (κ1) is 18.1. The number of carbonyl (C=O) groups excluding carboxylic acids is 1. The molecule has 0 aliphatic carbocycles. The predicted octanol–water partition coefficient (Wildman–Crippen LogP) is 4.50. The molecule has 4 N–H and O–H groups in total. The molecule has 6 heteroatoms. The molecule has 148 valence electrons. The molecule has 1 aliphatic heterocycles. The van der Waals surface area contributed by atoms with Crippen LogP contribution in [0.25, 0.3) is 22.0 Å². The van der Waals surface area contributed by atoms with Crippen LogP contribution >= 0.6 is 0 Å². The van der Waals surface area contributed by atoms with Gasteiger partial charge in [0, 0.05) is 29.5 Å². The largest absolute Gasteiger partial charge is 0.385 e. The molecule has 1 aromatic heterocycles. The van der Waals surface area contributed by atoms with Crippen molar-refractivity contribution in [2.75, 3.05) is 17.2 Å². The summed E-state index contributed by atoms with van der Waals surface area (Å²) < 4.78 is 0. The molecule has 0 atom stereocenters. The number of anilines is 3. The van der Waals surface area contributed by atoms with E-state index < -0.39 is 5.91 Å². The smallest absolute Gasteiger partial charge is 0.250 e. The van der Waals surface area contributed by atoms with Gasteiger partial charge in [0.2, 0.25) is 0 Å². The molecule has 0 bridgehead atoms. The van der Waals surface area contributed by atoms with Crippen LogP contribution in [0.3, 0.4) is 0 Å². The summed E-state index contributed by atoms with van der Waals surface area (Å²) in [5.41, 5.74) is 13.1. The first-order valence-corrected chi connectivity index (χ1v) is 9.95. The van der Waals surface area contributed by atoms with E-state index in [2.05, 4.69) is 38.8 Å². The van der Waals surface area contributed by atoms with Crippen LogP contribution in [-0.2, 0) is 6.42 Å². The molecule has 0 fully saturated rings. The Kier molecular flexibility index (Phi) is 4.52. The number of amides is 1. The Bertz CT molecular complexity index is 1270. The van der Waals surface area contributed by atoms with Gasteiger partial charge in [0.1, 0.15) is 6.33 Å². The minimum atomic E-state index is -0.472. The Morgan fingerprint density at radius 3 is 2.80 bits per heavy atom. The number of hydrogen-bond acceptors (Lipinski definition) is 5. The second kappa shape index (κ2) is 7.48. The monoisotopic (exact) mass is 395 g/mol. The van der Waals surface area contributed by atoms with E-state index in [1.165, 1.54) is 17.6 Å². The van der Waals surface area contributed by atoms with Gasteiger partial charge in [0.25, 0.3) is 5.91 Å². The zero-order valence-electron chi connectivity index (χ0n) is 16.4. The van der Waals surface area contributed by atoms with Crippen molar-refractivity contribution in [1.29, 1.82) is 0 Å². The van der Waals surface area contributed by atoms with Crippen LogP contribution in [0.4, 0.5) is 17.1 Å². The summed E-state index contributed by atoms with van der Waals surface area (Å²) in [5, 5.41) is 7.74. The third kappa shape index (κ3) is 3.43.